The van der Waals surface area contributed by atoms with Crippen LogP contribution in [0.1, 0.15) is 48.4 Å². The SMILES string of the molecule is CCCCCc1ccc(-c2ccc(-c3ccc(CO)cc3C)cc2C)cc1. The maximum absolute atomic E-state index is 9.31. The van der Waals surface area contributed by atoms with Gasteiger partial charge in [0.2, 0.25) is 0 Å². The quantitative estimate of drug-likeness (QED) is 0.457. The van der Waals surface area contributed by atoms with Crippen LogP contribution in [0.5, 0.6) is 0 Å². The van der Waals surface area contributed by atoms with Crippen LogP contribution in [0.2, 0.25) is 0 Å². The average Bonchev–Trinajstić information content (AvgIpc) is 2.68. The molecule has 0 heterocycles. The van der Waals surface area contributed by atoms with Crippen molar-refractivity contribution in [3.63, 3.8) is 0 Å². The van der Waals surface area contributed by atoms with E-state index in [-0.39, 0.29) is 6.61 Å². The standard InChI is InChI=1S/C26H30O/c1-4-5-6-7-21-8-11-23(12-9-21)25-15-13-24(17-20(25)3)26-14-10-22(18-27)16-19(26)2/h8-17,27H,4-7,18H2,1-3H3. The topological polar surface area (TPSA) is 20.2 Å². The molecule has 0 unspecified atom stereocenters. The van der Waals surface area contributed by atoms with Crippen molar-refractivity contribution in [3.8, 4) is 22.3 Å². The number of aliphatic hydroxyl groups excluding tert-OH is 1. The van der Waals surface area contributed by atoms with Crippen molar-refractivity contribution >= 4 is 0 Å². The third kappa shape index (κ3) is 4.67. The second kappa shape index (κ2) is 9.01. The number of unbranched alkanes of at least 4 members (excludes halogenated alkanes) is 2. The Labute approximate surface area is 163 Å². The van der Waals surface area contributed by atoms with Gasteiger partial charge in [-0.15, -0.1) is 0 Å². The van der Waals surface area contributed by atoms with Crippen LogP contribution in [0.15, 0.2) is 60.7 Å². The zero-order valence-electron chi connectivity index (χ0n) is 16.8. The maximum atomic E-state index is 9.31. The van der Waals surface area contributed by atoms with Crippen molar-refractivity contribution < 1.29 is 5.11 Å². The Morgan fingerprint density at radius 1 is 0.667 bits per heavy atom. The van der Waals surface area contributed by atoms with Gasteiger partial charge >= 0.3 is 0 Å². The first kappa shape index (κ1) is 19.4. The summed E-state index contributed by atoms with van der Waals surface area (Å²) in [7, 11) is 0. The zero-order chi connectivity index (χ0) is 19.2. The second-order valence-corrected chi connectivity index (χ2v) is 7.49. The number of rotatable bonds is 7. The van der Waals surface area contributed by atoms with Gasteiger partial charge in [0.05, 0.1) is 6.61 Å². The first-order valence-corrected chi connectivity index (χ1v) is 10.0. The Hall–Kier alpha value is -2.38. The van der Waals surface area contributed by atoms with E-state index in [1.54, 1.807) is 0 Å². The van der Waals surface area contributed by atoms with Gasteiger partial charge in [-0.05, 0) is 71.2 Å². The minimum atomic E-state index is 0.0908. The Balaban J connectivity index is 1.82. The van der Waals surface area contributed by atoms with Crippen LogP contribution in [0.25, 0.3) is 22.3 Å². The van der Waals surface area contributed by atoms with E-state index < -0.39 is 0 Å². The predicted molar refractivity (Wildman–Crippen MR) is 116 cm³/mol. The molecule has 140 valence electrons. The number of aliphatic hydroxyl groups is 1. The third-order valence-corrected chi connectivity index (χ3v) is 5.34. The maximum Gasteiger partial charge on any atom is 0.0681 e. The monoisotopic (exact) mass is 358 g/mol. The summed E-state index contributed by atoms with van der Waals surface area (Å²) in [6.45, 7) is 6.63. The van der Waals surface area contributed by atoms with Crippen molar-refractivity contribution in [2.24, 2.45) is 0 Å². The molecule has 0 amide bonds. The lowest BCUT2D eigenvalue weighted by Crippen LogP contribution is -1.91. The first-order valence-electron chi connectivity index (χ1n) is 10.0. The molecule has 0 spiro atoms. The van der Waals surface area contributed by atoms with Crippen LogP contribution in [0, 0.1) is 13.8 Å². The second-order valence-electron chi connectivity index (χ2n) is 7.49. The van der Waals surface area contributed by atoms with Crippen LogP contribution in [0.4, 0.5) is 0 Å². The van der Waals surface area contributed by atoms with Gasteiger partial charge in [0, 0.05) is 0 Å². The van der Waals surface area contributed by atoms with Crippen molar-refractivity contribution in [3.05, 3.63) is 82.9 Å². The Morgan fingerprint density at radius 3 is 1.89 bits per heavy atom. The van der Waals surface area contributed by atoms with E-state index in [0.717, 1.165) is 5.56 Å². The van der Waals surface area contributed by atoms with Gasteiger partial charge in [-0.1, -0.05) is 80.4 Å². The van der Waals surface area contributed by atoms with Crippen molar-refractivity contribution in [2.75, 3.05) is 0 Å². The first-order chi connectivity index (χ1) is 13.1. The molecule has 3 rings (SSSR count). The minimum Gasteiger partial charge on any atom is -0.392 e. The molecule has 0 saturated carbocycles. The van der Waals surface area contributed by atoms with E-state index in [2.05, 4.69) is 75.4 Å². The number of aryl methyl sites for hydroxylation is 3. The molecule has 1 nitrogen and oxygen atoms in total. The summed E-state index contributed by atoms with van der Waals surface area (Å²) in [5, 5.41) is 9.31. The van der Waals surface area contributed by atoms with Gasteiger partial charge < -0.3 is 5.11 Å². The lowest BCUT2D eigenvalue weighted by molar-refractivity contribution is 0.282. The van der Waals surface area contributed by atoms with Crippen molar-refractivity contribution in [2.45, 2.75) is 53.1 Å². The highest BCUT2D eigenvalue weighted by atomic mass is 16.3. The highest BCUT2D eigenvalue weighted by molar-refractivity contribution is 5.75. The van der Waals surface area contributed by atoms with Gasteiger partial charge in [0.1, 0.15) is 0 Å². The predicted octanol–water partition coefficient (Wildman–Crippen LogP) is 6.86. The normalized spacial score (nSPS) is 11.0. The van der Waals surface area contributed by atoms with Crippen molar-refractivity contribution in [1.29, 1.82) is 0 Å². The molecule has 0 aliphatic heterocycles. The van der Waals surface area contributed by atoms with E-state index in [4.69, 9.17) is 0 Å². The zero-order valence-corrected chi connectivity index (χ0v) is 16.8. The average molecular weight is 359 g/mol. The van der Waals surface area contributed by atoms with Crippen LogP contribution in [0.3, 0.4) is 0 Å². The molecular weight excluding hydrogens is 328 g/mol. The molecule has 3 aromatic rings. The van der Waals surface area contributed by atoms with Gasteiger partial charge in [-0.25, -0.2) is 0 Å². The third-order valence-electron chi connectivity index (χ3n) is 5.34. The van der Waals surface area contributed by atoms with Crippen molar-refractivity contribution in [1.82, 2.24) is 0 Å². The Kier molecular flexibility index (Phi) is 6.47. The highest BCUT2D eigenvalue weighted by Gasteiger charge is 2.07. The number of hydrogen-bond acceptors (Lipinski definition) is 1. The summed E-state index contributed by atoms with van der Waals surface area (Å²) >= 11 is 0. The molecule has 0 saturated heterocycles. The lowest BCUT2D eigenvalue weighted by atomic mass is 9.93. The molecule has 0 aliphatic rings. The molecule has 3 aromatic carbocycles. The number of benzene rings is 3. The summed E-state index contributed by atoms with van der Waals surface area (Å²) in [6, 6.07) is 21.9. The summed E-state index contributed by atoms with van der Waals surface area (Å²) < 4.78 is 0. The highest BCUT2D eigenvalue weighted by Crippen LogP contribution is 2.30. The minimum absolute atomic E-state index is 0.0908. The molecule has 0 aromatic heterocycles. The fourth-order valence-electron chi connectivity index (χ4n) is 3.73. The fourth-order valence-corrected chi connectivity index (χ4v) is 3.73. The summed E-state index contributed by atoms with van der Waals surface area (Å²) in [6.07, 6.45) is 5.03. The molecule has 1 N–H and O–H groups in total. The molecule has 0 bridgehead atoms. The largest absolute Gasteiger partial charge is 0.392 e. The molecule has 0 aliphatic carbocycles. The fraction of sp³-hybridized carbons (Fsp3) is 0.308. The van der Waals surface area contributed by atoms with Crippen LogP contribution >= 0.6 is 0 Å². The van der Waals surface area contributed by atoms with E-state index >= 15 is 0 Å². The molecule has 1 heteroatoms. The molecule has 0 atom stereocenters. The summed E-state index contributed by atoms with van der Waals surface area (Å²) in [5.41, 5.74) is 9.92. The van der Waals surface area contributed by atoms with E-state index in [9.17, 15) is 5.11 Å². The van der Waals surface area contributed by atoms with E-state index in [1.165, 1.54) is 64.6 Å². The molecule has 0 radical (unpaired) electrons. The van der Waals surface area contributed by atoms with Gasteiger partial charge in [-0.3, -0.25) is 0 Å². The van der Waals surface area contributed by atoms with Gasteiger partial charge in [0.25, 0.3) is 0 Å². The summed E-state index contributed by atoms with van der Waals surface area (Å²) in [5.74, 6) is 0. The lowest BCUT2D eigenvalue weighted by Gasteiger charge is -2.12. The molecule has 27 heavy (non-hydrogen) atoms. The summed E-state index contributed by atoms with van der Waals surface area (Å²) in [4.78, 5) is 0. The molecule has 0 fully saturated rings. The Bertz CT molecular complexity index is 891. The molecular formula is C26H30O. The van der Waals surface area contributed by atoms with E-state index in [0.29, 0.717) is 0 Å². The number of hydrogen-bond donors (Lipinski definition) is 1. The van der Waals surface area contributed by atoms with Crippen LogP contribution in [-0.2, 0) is 13.0 Å². The van der Waals surface area contributed by atoms with Gasteiger partial charge in [-0.2, -0.15) is 0 Å². The van der Waals surface area contributed by atoms with Gasteiger partial charge in [0.15, 0.2) is 0 Å². The Morgan fingerprint density at radius 2 is 1.26 bits per heavy atom. The van der Waals surface area contributed by atoms with Crippen LogP contribution in [-0.4, -0.2) is 5.11 Å². The smallest absolute Gasteiger partial charge is 0.0681 e. The van der Waals surface area contributed by atoms with E-state index in [1.807, 2.05) is 6.07 Å². The van der Waals surface area contributed by atoms with Crippen LogP contribution < -0.4 is 0 Å².